The number of sulfonamides is 1. The molecular weight excluding hydrogens is 414 g/mol. The van der Waals surface area contributed by atoms with Crippen LogP contribution in [0.5, 0.6) is 0 Å². The van der Waals surface area contributed by atoms with Crippen LogP contribution in [0.3, 0.4) is 0 Å². The van der Waals surface area contributed by atoms with Gasteiger partial charge < -0.3 is 4.74 Å². The Balaban J connectivity index is 2.24. The van der Waals surface area contributed by atoms with E-state index < -0.39 is 23.1 Å². The van der Waals surface area contributed by atoms with E-state index in [1.807, 2.05) is 0 Å². The molecule has 0 atom stereocenters. The molecular formula is C17H17ClF2N4O3S. The second-order valence-corrected chi connectivity index (χ2v) is 7.89. The fraction of sp³-hybridized carbons (Fsp3) is 0.235. The van der Waals surface area contributed by atoms with Crippen molar-refractivity contribution in [2.45, 2.75) is 13.0 Å². The number of halogens is 3. The highest BCUT2D eigenvalue weighted by Crippen LogP contribution is 2.20. The molecule has 1 aromatic heterocycles. The highest BCUT2D eigenvalue weighted by atomic mass is 35.5. The van der Waals surface area contributed by atoms with Crippen LogP contribution in [-0.2, 0) is 21.3 Å². The van der Waals surface area contributed by atoms with Gasteiger partial charge in [-0.25, -0.2) is 26.5 Å². The van der Waals surface area contributed by atoms with Crippen molar-refractivity contribution in [3.63, 3.8) is 0 Å². The van der Waals surface area contributed by atoms with E-state index in [1.54, 1.807) is 24.3 Å². The van der Waals surface area contributed by atoms with Crippen molar-refractivity contribution in [3.05, 3.63) is 58.7 Å². The fourth-order valence-corrected chi connectivity index (χ4v) is 3.12. The number of pyridine rings is 1. The molecule has 0 aliphatic heterocycles. The van der Waals surface area contributed by atoms with Crippen molar-refractivity contribution in [1.82, 2.24) is 4.98 Å². The van der Waals surface area contributed by atoms with E-state index in [0.717, 1.165) is 10.6 Å². The molecule has 7 nitrogen and oxygen atoms in total. The maximum atomic E-state index is 12.4. The molecule has 1 heterocycles. The van der Waals surface area contributed by atoms with Crippen LogP contribution in [0.4, 0.5) is 14.6 Å². The maximum absolute atomic E-state index is 12.4. The minimum atomic E-state index is -3.61. The highest BCUT2D eigenvalue weighted by molar-refractivity contribution is 7.92. The van der Waals surface area contributed by atoms with E-state index in [-0.39, 0.29) is 18.3 Å². The summed E-state index contributed by atoms with van der Waals surface area (Å²) in [6, 6.07) is 9.38. The first kappa shape index (κ1) is 21.7. The molecule has 150 valence electrons. The first-order chi connectivity index (χ1) is 13.2. The lowest BCUT2D eigenvalue weighted by Gasteiger charge is -2.21. The van der Waals surface area contributed by atoms with Crippen LogP contribution >= 0.6 is 11.6 Å². The van der Waals surface area contributed by atoms with Crippen LogP contribution in [0, 0.1) is 0 Å². The largest absolute Gasteiger partial charge is 0.470 e. The lowest BCUT2D eigenvalue weighted by molar-refractivity contribution is 0.0765. The van der Waals surface area contributed by atoms with E-state index >= 15 is 0 Å². The number of aromatic nitrogens is 1. The molecule has 0 N–H and O–H groups in total. The van der Waals surface area contributed by atoms with Gasteiger partial charge in [-0.1, -0.05) is 23.7 Å². The second kappa shape index (κ2) is 9.56. The summed E-state index contributed by atoms with van der Waals surface area (Å²) >= 11 is 5.80. The van der Waals surface area contributed by atoms with Gasteiger partial charge in [0.2, 0.25) is 15.9 Å². The van der Waals surface area contributed by atoms with Gasteiger partial charge in [-0.3, -0.25) is 0 Å². The number of hydrogen-bond donors (Lipinski definition) is 0. The summed E-state index contributed by atoms with van der Waals surface area (Å²) in [7, 11) is -3.61. The second-order valence-electron chi connectivity index (χ2n) is 5.55. The highest BCUT2D eigenvalue weighted by Gasteiger charge is 2.19. The molecule has 0 saturated heterocycles. The number of alkyl halides is 2. The molecule has 28 heavy (non-hydrogen) atoms. The van der Waals surface area contributed by atoms with Crippen LogP contribution in [-0.4, -0.2) is 45.3 Å². The zero-order valence-corrected chi connectivity index (χ0v) is 16.4. The van der Waals surface area contributed by atoms with Gasteiger partial charge in [0, 0.05) is 18.5 Å². The summed E-state index contributed by atoms with van der Waals surface area (Å²) in [5.74, 6) is 0.107. The third-order valence-electron chi connectivity index (χ3n) is 3.40. The standard InChI is InChI=1S/C17H17ClF2N4O3S/c1-21-23-17(27-11-15(19)20)13-5-3-12(4-6-13)10-24(28(2,25)26)16-8-7-14(18)9-22-16/h3-9,15H,1,10-11H2,2H3/b23-17-. The zero-order chi connectivity index (χ0) is 20.7. The molecule has 0 amide bonds. The van der Waals surface area contributed by atoms with Crippen LogP contribution in [0.1, 0.15) is 11.1 Å². The Bertz CT molecular complexity index is 936. The zero-order valence-electron chi connectivity index (χ0n) is 14.8. The first-order valence-electron chi connectivity index (χ1n) is 7.84. The van der Waals surface area contributed by atoms with Gasteiger partial charge in [0.15, 0.2) is 6.61 Å². The van der Waals surface area contributed by atoms with E-state index in [9.17, 15) is 17.2 Å². The van der Waals surface area contributed by atoms with Crippen LogP contribution in [0.25, 0.3) is 0 Å². The lowest BCUT2D eigenvalue weighted by Crippen LogP contribution is -2.30. The van der Waals surface area contributed by atoms with Gasteiger partial charge in [-0.2, -0.15) is 5.10 Å². The molecule has 0 radical (unpaired) electrons. The van der Waals surface area contributed by atoms with E-state index in [1.165, 1.54) is 18.3 Å². The van der Waals surface area contributed by atoms with Crippen LogP contribution in [0.2, 0.25) is 5.02 Å². The van der Waals surface area contributed by atoms with E-state index in [0.29, 0.717) is 16.1 Å². The molecule has 0 aliphatic carbocycles. The number of rotatable bonds is 8. The first-order valence-corrected chi connectivity index (χ1v) is 10.1. The molecule has 0 bridgehead atoms. The van der Waals surface area contributed by atoms with Gasteiger partial charge in [0.05, 0.1) is 17.8 Å². The lowest BCUT2D eigenvalue weighted by atomic mass is 10.1. The molecule has 0 unspecified atom stereocenters. The van der Waals surface area contributed by atoms with Gasteiger partial charge in [-0.15, -0.1) is 5.10 Å². The summed E-state index contributed by atoms with van der Waals surface area (Å²) in [4.78, 5) is 4.04. The Morgan fingerprint density at radius 1 is 1.29 bits per heavy atom. The maximum Gasteiger partial charge on any atom is 0.272 e. The third-order valence-corrected chi connectivity index (χ3v) is 4.74. The molecule has 0 spiro atoms. The van der Waals surface area contributed by atoms with Gasteiger partial charge in [0.25, 0.3) is 6.43 Å². The number of nitrogens with zero attached hydrogens (tertiary/aromatic N) is 4. The smallest absolute Gasteiger partial charge is 0.272 e. The molecule has 1 aromatic carbocycles. The van der Waals surface area contributed by atoms with Crippen molar-refractivity contribution in [1.29, 1.82) is 0 Å². The van der Waals surface area contributed by atoms with Gasteiger partial charge in [-0.05, 0) is 29.8 Å². The van der Waals surface area contributed by atoms with E-state index in [4.69, 9.17) is 16.3 Å². The Morgan fingerprint density at radius 2 is 1.96 bits per heavy atom. The molecule has 2 rings (SSSR count). The average Bonchev–Trinajstić information content (AvgIpc) is 2.63. The van der Waals surface area contributed by atoms with Gasteiger partial charge in [0.1, 0.15) is 5.82 Å². The Kier molecular flexibility index (Phi) is 7.41. The summed E-state index contributed by atoms with van der Waals surface area (Å²) in [6.07, 6.45) is -0.246. The predicted molar refractivity (Wildman–Crippen MR) is 105 cm³/mol. The number of benzene rings is 1. The van der Waals surface area contributed by atoms with Crippen LogP contribution < -0.4 is 4.31 Å². The normalized spacial score (nSPS) is 12.1. The van der Waals surface area contributed by atoms with Crippen molar-refractivity contribution in [2.75, 3.05) is 17.2 Å². The number of hydrogen-bond acceptors (Lipinski definition) is 6. The summed E-state index contributed by atoms with van der Waals surface area (Å²) in [5.41, 5.74) is 1.03. The average molecular weight is 431 g/mol. The Hall–Kier alpha value is -2.59. The van der Waals surface area contributed by atoms with Crippen molar-refractivity contribution < 1.29 is 21.9 Å². The number of ether oxygens (including phenoxy) is 1. The topological polar surface area (TPSA) is 84.2 Å². The Morgan fingerprint density at radius 3 is 2.46 bits per heavy atom. The summed E-state index contributed by atoms with van der Waals surface area (Å²) < 4.78 is 55.1. The predicted octanol–water partition coefficient (Wildman–Crippen LogP) is 3.35. The van der Waals surface area contributed by atoms with Crippen molar-refractivity contribution >= 4 is 40.1 Å². The Labute approximate surface area is 166 Å². The van der Waals surface area contributed by atoms with Crippen LogP contribution in [0.15, 0.2) is 52.8 Å². The summed E-state index contributed by atoms with van der Waals surface area (Å²) in [6.45, 7) is 2.36. The van der Waals surface area contributed by atoms with Crippen molar-refractivity contribution in [3.8, 4) is 0 Å². The minimum Gasteiger partial charge on any atom is -0.470 e. The molecule has 11 heteroatoms. The monoisotopic (exact) mass is 430 g/mol. The van der Waals surface area contributed by atoms with Crippen molar-refractivity contribution in [2.24, 2.45) is 10.2 Å². The third kappa shape index (κ3) is 6.24. The summed E-state index contributed by atoms with van der Waals surface area (Å²) in [5, 5.41) is 7.28. The SMILES string of the molecule is C=N/N=C(\OCC(F)F)c1ccc(CN(c2ccc(Cl)cn2)S(C)(=O)=O)cc1. The van der Waals surface area contributed by atoms with Gasteiger partial charge >= 0.3 is 0 Å². The molecule has 0 saturated carbocycles. The quantitative estimate of drug-likeness (QED) is 0.365. The molecule has 0 aliphatic rings. The van der Waals surface area contributed by atoms with E-state index in [2.05, 4.69) is 21.9 Å². The molecule has 2 aromatic rings. The fourth-order valence-electron chi connectivity index (χ4n) is 2.18. The number of anilines is 1. The molecule has 0 fully saturated rings. The minimum absolute atomic E-state index is 0.0117.